The summed E-state index contributed by atoms with van der Waals surface area (Å²) in [6.45, 7) is 2.02. The molecule has 1 heterocycles. The van der Waals surface area contributed by atoms with Gasteiger partial charge in [-0.3, -0.25) is 0 Å². The first-order chi connectivity index (χ1) is 9.58. The maximum Gasteiger partial charge on any atom is 0.330 e. The molecule has 20 heavy (non-hydrogen) atoms. The molecule has 1 aromatic rings. The van der Waals surface area contributed by atoms with Crippen molar-refractivity contribution in [3.05, 3.63) is 40.1 Å². The molecule has 0 spiro atoms. The number of unbranched alkanes of at least 4 members (excludes halogenated alkanes) is 1. The fourth-order valence-corrected chi connectivity index (χ4v) is 2.25. The molecule has 1 atom stereocenters. The number of carbonyl (C=O) groups is 1. The van der Waals surface area contributed by atoms with Crippen LogP contribution in [0, 0.1) is 0 Å². The van der Waals surface area contributed by atoms with E-state index >= 15 is 0 Å². The van der Waals surface area contributed by atoms with Crippen LogP contribution < -0.4 is 0 Å². The average molecular weight is 342 g/mol. The van der Waals surface area contributed by atoms with Crippen LogP contribution in [0.25, 0.3) is 0 Å². The lowest BCUT2D eigenvalue weighted by molar-refractivity contribution is -0.134. The van der Waals surface area contributed by atoms with Crippen LogP contribution in [0.1, 0.15) is 43.5 Å². The summed E-state index contributed by atoms with van der Waals surface area (Å²) < 4.78 is 5.28. The minimum Gasteiger partial charge on any atom is -0.466 e. The first-order valence-electron chi connectivity index (χ1n) is 6.66. The number of carbonyl (C=O) groups excluding carboxylic acids is 1. The fraction of sp³-hybridized carbons (Fsp3) is 0.467. The summed E-state index contributed by atoms with van der Waals surface area (Å²) in [4.78, 5) is 15.2. The summed E-state index contributed by atoms with van der Waals surface area (Å²) in [6.07, 6.45) is 5.61. The zero-order valence-corrected chi connectivity index (χ0v) is 13.4. The Morgan fingerprint density at radius 1 is 1.55 bits per heavy atom. The van der Waals surface area contributed by atoms with Crippen LogP contribution in [0.15, 0.2) is 28.9 Å². The Hall–Kier alpha value is -1.20. The zero-order chi connectivity index (χ0) is 15.0. The monoisotopic (exact) mass is 341 g/mol. The SMILES string of the molecule is CCc1nc(Br)ccc1C(O)CCC/C=C/C(=O)OC. The number of aliphatic hydroxyl groups is 1. The molecule has 0 bridgehead atoms. The van der Waals surface area contributed by atoms with Gasteiger partial charge in [-0.25, -0.2) is 9.78 Å². The minimum absolute atomic E-state index is 0.351. The van der Waals surface area contributed by atoms with Crippen LogP contribution in [0.3, 0.4) is 0 Å². The number of hydrogen-bond donors (Lipinski definition) is 1. The first kappa shape index (κ1) is 16.9. The number of methoxy groups -OCH3 is 1. The highest BCUT2D eigenvalue weighted by Crippen LogP contribution is 2.24. The molecule has 5 heteroatoms. The summed E-state index contributed by atoms with van der Waals surface area (Å²) in [7, 11) is 1.35. The topological polar surface area (TPSA) is 59.4 Å². The van der Waals surface area contributed by atoms with Gasteiger partial charge in [0.25, 0.3) is 0 Å². The van der Waals surface area contributed by atoms with E-state index in [1.165, 1.54) is 13.2 Å². The van der Waals surface area contributed by atoms with Crippen molar-refractivity contribution in [1.82, 2.24) is 4.98 Å². The maximum absolute atomic E-state index is 10.9. The zero-order valence-electron chi connectivity index (χ0n) is 11.8. The molecule has 0 aromatic carbocycles. The van der Waals surface area contributed by atoms with Crippen molar-refractivity contribution in [2.75, 3.05) is 7.11 Å². The third-order valence-corrected chi connectivity index (χ3v) is 3.41. The summed E-state index contributed by atoms with van der Waals surface area (Å²) in [6, 6.07) is 3.75. The predicted molar refractivity (Wildman–Crippen MR) is 81.3 cm³/mol. The molecule has 0 fully saturated rings. The first-order valence-corrected chi connectivity index (χ1v) is 7.45. The molecule has 4 nitrogen and oxygen atoms in total. The Kier molecular flexibility index (Phi) is 7.47. The molecule has 1 N–H and O–H groups in total. The Morgan fingerprint density at radius 3 is 2.95 bits per heavy atom. The molecule has 0 saturated heterocycles. The van der Waals surface area contributed by atoms with Gasteiger partial charge in [0.15, 0.2) is 0 Å². The Balaban J connectivity index is 2.49. The van der Waals surface area contributed by atoms with Gasteiger partial charge in [-0.15, -0.1) is 0 Å². The number of rotatable bonds is 7. The van der Waals surface area contributed by atoms with Gasteiger partial charge in [0.1, 0.15) is 4.60 Å². The number of hydrogen-bond acceptors (Lipinski definition) is 4. The van der Waals surface area contributed by atoms with E-state index in [0.29, 0.717) is 6.42 Å². The summed E-state index contributed by atoms with van der Waals surface area (Å²) in [5.41, 5.74) is 1.80. The van der Waals surface area contributed by atoms with Crippen molar-refractivity contribution in [3.63, 3.8) is 0 Å². The lowest BCUT2D eigenvalue weighted by atomic mass is 10.0. The molecule has 0 radical (unpaired) electrons. The van der Waals surface area contributed by atoms with Crippen LogP contribution in [0.5, 0.6) is 0 Å². The van der Waals surface area contributed by atoms with E-state index in [-0.39, 0.29) is 5.97 Å². The van der Waals surface area contributed by atoms with Gasteiger partial charge in [-0.1, -0.05) is 19.1 Å². The maximum atomic E-state index is 10.9. The van der Waals surface area contributed by atoms with Gasteiger partial charge in [0.2, 0.25) is 0 Å². The molecule has 1 rings (SSSR count). The van der Waals surface area contributed by atoms with Crippen molar-refractivity contribution in [3.8, 4) is 0 Å². The molecule has 0 aliphatic carbocycles. The van der Waals surface area contributed by atoms with Crippen molar-refractivity contribution in [2.45, 2.75) is 38.7 Å². The molecular formula is C15H20BrNO3. The summed E-state index contributed by atoms with van der Waals surface area (Å²) in [5.74, 6) is -0.351. The van der Waals surface area contributed by atoms with Crippen LogP contribution in [-0.2, 0) is 16.0 Å². The highest BCUT2D eigenvalue weighted by molar-refractivity contribution is 9.10. The average Bonchev–Trinajstić information content (AvgIpc) is 2.46. The molecule has 0 aliphatic rings. The highest BCUT2D eigenvalue weighted by Gasteiger charge is 2.12. The van der Waals surface area contributed by atoms with Crippen molar-refractivity contribution >= 4 is 21.9 Å². The number of aliphatic hydroxyl groups excluding tert-OH is 1. The minimum atomic E-state index is -0.517. The molecule has 1 unspecified atom stereocenters. The van der Waals surface area contributed by atoms with Gasteiger partial charge in [-0.2, -0.15) is 0 Å². The van der Waals surface area contributed by atoms with Crippen molar-refractivity contribution in [2.24, 2.45) is 0 Å². The van der Waals surface area contributed by atoms with Crippen LogP contribution in [-0.4, -0.2) is 23.2 Å². The number of aryl methyl sites for hydroxylation is 1. The second-order valence-corrected chi connectivity index (χ2v) is 5.21. The smallest absolute Gasteiger partial charge is 0.330 e. The van der Waals surface area contributed by atoms with Gasteiger partial charge in [0.05, 0.1) is 13.2 Å². The third-order valence-electron chi connectivity index (χ3n) is 2.97. The molecule has 0 saturated carbocycles. The highest BCUT2D eigenvalue weighted by atomic mass is 79.9. The Labute approximate surface area is 128 Å². The Bertz CT molecular complexity index is 474. The predicted octanol–water partition coefficient (Wildman–Crippen LogP) is 3.34. The van der Waals surface area contributed by atoms with E-state index in [2.05, 4.69) is 25.7 Å². The number of nitrogens with zero attached hydrogens (tertiary/aromatic N) is 1. The van der Waals surface area contributed by atoms with E-state index < -0.39 is 6.10 Å². The molecular weight excluding hydrogens is 322 g/mol. The molecule has 0 amide bonds. The van der Waals surface area contributed by atoms with E-state index in [4.69, 9.17) is 0 Å². The van der Waals surface area contributed by atoms with Gasteiger partial charge in [-0.05, 0) is 47.7 Å². The van der Waals surface area contributed by atoms with Gasteiger partial charge < -0.3 is 9.84 Å². The van der Waals surface area contributed by atoms with E-state index in [9.17, 15) is 9.90 Å². The van der Waals surface area contributed by atoms with Crippen molar-refractivity contribution in [1.29, 1.82) is 0 Å². The van der Waals surface area contributed by atoms with Gasteiger partial charge >= 0.3 is 5.97 Å². The molecule has 1 aromatic heterocycles. The fourth-order valence-electron chi connectivity index (χ4n) is 1.90. The number of aromatic nitrogens is 1. The van der Waals surface area contributed by atoms with E-state index in [1.54, 1.807) is 6.08 Å². The van der Waals surface area contributed by atoms with Crippen LogP contribution >= 0.6 is 15.9 Å². The standard InChI is InChI=1S/C15H20BrNO3/c1-3-12-11(9-10-14(16)17-12)13(18)7-5-4-6-8-15(19)20-2/h6,8-10,13,18H,3-5,7H2,1-2H3/b8-6+. The Morgan fingerprint density at radius 2 is 2.30 bits per heavy atom. The number of ether oxygens (including phenoxy) is 1. The normalized spacial score (nSPS) is 12.6. The summed E-state index contributed by atoms with van der Waals surface area (Å²) >= 11 is 3.33. The largest absolute Gasteiger partial charge is 0.466 e. The van der Waals surface area contributed by atoms with Crippen LogP contribution in [0.4, 0.5) is 0 Å². The number of esters is 1. The molecule has 0 aliphatic heterocycles. The number of allylic oxidation sites excluding steroid dienone is 1. The number of halogens is 1. The summed E-state index contributed by atoms with van der Waals surface area (Å²) in [5, 5.41) is 10.2. The van der Waals surface area contributed by atoms with Gasteiger partial charge in [0, 0.05) is 17.3 Å². The lowest BCUT2D eigenvalue weighted by Crippen LogP contribution is -2.04. The lowest BCUT2D eigenvalue weighted by Gasteiger charge is -2.14. The van der Waals surface area contributed by atoms with E-state index in [0.717, 1.165) is 35.1 Å². The van der Waals surface area contributed by atoms with E-state index in [1.807, 2.05) is 19.1 Å². The van der Waals surface area contributed by atoms with Crippen molar-refractivity contribution < 1.29 is 14.6 Å². The van der Waals surface area contributed by atoms with Crippen LogP contribution in [0.2, 0.25) is 0 Å². The number of pyridine rings is 1. The second-order valence-electron chi connectivity index (χ2n) is 4.40. The quantitative estimate of drug-likeness (QED) is 0.357. The molecule has 110 valence electrons. The second kappa shape index (κ2) is 8.87. The third kappa shape index (κ3) is 5.43.